The fourth-order valence-corrected chi connectivity index (χ4v) is 4.95. The quantitative estimate of drug-likeness (QED) is 0.692. The molecule has 3 rings (SSSR count). The minimum Gasteiger partial charge on any atom is -0.352 e. The van der Waals surface area contributed by atoms with Crippen LogP contribution in [0.15, 0.2) is 22.5 Å². The number of anilines is 2. The number of aromatic nitrogens is 2. The van der Waals surface area contributed by atoms with Gasteiger partial charge in [-0.2, -0.15) is 0 Å². The average molecular weight is 391 g/mol. The fourth-order valence-electron chi connectivity index (χ4n) is 3.02. The first-order chi connectivity index (χ1) is 12.5. The van der Waals surface area contributed by atoms with E-state index in [0.29, 0.717) is 6.04 Å². The molecule has 1 heterocycles. The summed E-state index contributed by atoms with van der Waals surface area (Å²) < 4.78 is 0.808. The lowest BCUT2D eigenvalue weighted by Gasteiger charge is -2.24. The van der Waals surface area contributed by atoms with Crippen molar-refractivity contribution in [3.63, 3.8) is 0 Å². The average Bonchev–Trinajstić information content (AvgIpc) is 3.06. The van der Waals surface area contributed by atoms with Crippen LogP contribution in [-0.2, 0) is 4.79 Å². The smallest absolute Gasteiger partial charge is 0.233 e. The molecule has 1 aromatic heterocycles. The van der Waals surface area contributed by atoms with Crippen molar-refractivity contribution >= 4 is 39.8 Å². The summed E-state index contributed by atoms with van der Waals surface area (Å²) in [6, 6.07) is 6.57. The van der Waals surface area contributed by atoms with Crippen LogP contribution in [0.5, 0.6) is 0 Å². The number of thioether (sulfide) groups is 1. The molecular formula is C19H26N4OS2. The summed E-state index contributed by atoms with van der Waals surface area (Å²) in [6.45, 7) is 6.12. The number of benzene rings is 1. The van der Waals surface area contributed by atoms with Gasteiger partial charge in [-0.05, 0) is 56.9 Å². The first-order valence-electron chi connectivity index (χ1n) is 9.16. The van der Waals surface area contributed by atoms with Gasteiger partial charge in [-0.3, -0.25) is 4.79 Å². The van der Waals surface area contributed by atoms with E-state index in [4.69, 9.17) is 0 Å². The minimum atomic E-state index is -0.167. The standard InChI is InChI=1S/C19H26N4OS2/c1-12-9-10-16(11-13(12)2)21-18-22-23-19(26-18)25-14(3)17(24)20-15-7-5-4-6-8-15/h9-11,14-15H,4-8H2,1-3H3,(H,20,24)(H,21,22)/t14-/m0/s1. The molecule has 1 fully saturated rings. The van der Waals surface area contributed by atoms with Crippen LogP contribution in [0.2, 0.25) is 0 Å². The molecule has 0 aliphatic heterocycles. The number of hydrogen-bond donors (Lipinski definition) is 2. The van der Waals surface area contributed by atoms with Gasteiger partial charge in [0.1, 0.15) is 0 Å². The van der Waals surface area contributed by atoms with Crippen LogP contribution in [0.4, 0.5) is 10.8 Å². The van der Waals surface area contributed by atoms with Crippen molar-refractivity contribution in [1.29, 1.82) is 0 Å². The number of nitrogens with zero attached hydrogens (tertiary/aromatic N) is 2. The van der Waals surface area contributed by atoms with Gasteiger partial charge in [-0.15, -0.1) is 10.2 Å². The van der Waals surface area contributed by atoms with E-state index in [1.165, 1.54) is 53.5 Å². The first kappa shape index (κ1) is 19.2. The molecule has 0 bridgehead atoms. The summed E-state index contributed by atoms with van der Waals surface area (Å²) >= 11 is 2.95. The fraction of sp³-hybridized carbons (Fsp3) is 0.526. The Morgan fingerprint density at radius 2 is 1.96 bits per heavy atom. The van der Waals surface area contributed by atoms with Gasteiger partial charge in [0, 0.05) is 11.7 Å². The topological polar surface area (TPSA) is 66.9 Å². The second kappa shape index (κ2) is 8.86. The first-order valence-corrected chi connectivity index (χ1v) is 10.9. The lowest BCUT2D eigenvalue weighted by atomic mass is 9.95. The minimum absolute atomic E-state index is 0.0979. The van der Waals surface area contributed by atoms with Crippen molar-refractivity contribution in [2.45, 2.75) is 68.5 Å². The Labute approximate surface area is 163 Å². The van der Waals surface area contributed by atoms with E-state index in [9.17, 15) is 4.79 Å². The molecule has 0 radical (unpaired) electrons. The molecule has 1 aliphatic carbocycles. The molecule has 26 heavy (non-hydrogen) atoms. The Bertz CT molecular complexity index is 756. The summed E-state index contributed by atoms with van der Waals surface area (Å²) in [5, 5.41) is 15.5. The van der Waals surface area contributed by atoms with E-state index in [1.807, 2.05) is 13.0 Å². The van der Waals surface area contributed by atoms with Gasteiger partial charge in [-0.25, -0.2) is 0 Å². The summed E-state index contributed by atoms with van der Waals surface area (Å²) in [6.07, 6.45) is 5.93. The van der Waals surface area contributed by atoms with Crippen LogP contribution >= 0.6 is 23.1 Å². The van der Waals surface area contributed by atoms with Gasteiger partial charge in [0.05, 0.1) is 5.25 Å². The van der Waals surface area contributed by atoms with Gasteiger partial charge in [-0.1, -0.05) is 48.4 Å². The Morgan fingerprint density at radius 1 is 1.19 bits per heavy atom. The van der Waals surface area contributed by atoms with Gasteiger partial charge in [0.25, 0.3) is 0 Å². The molecule has 1 saturated carbocycles. The Kier molecular flexibility index (Phi) is 6.53. The Hall–Kier alpha value is -1.60. The highest BCUT2D eigenvalue weighted by Crippen LogP contribution is 2.31. The molecule has 2 N–H and O–H groups in total. The molecule has 0 unspecified atom stereocenters. The lowest BCUT2D eigenvalue weighted by Crippen LogP contribution is -2.40. The van der Waals surface area contributed by atoms with Gasteiger partial charge in [0.2, 0.25) is 11.0 Å². The summed E-state index contributed by atoms with van der Waals surface area (Å²) in [5.41, 5.74) is 3.51. The second-order valence-corrected chi connectivity index (χ2v) is 9.47. The lowest BCUT2D eigenvalue weighted by molar-refractivity contribution is -0.121. The van der Waals surface area contributed by atoms with E-state index in [-0.39, 0.29) is 11.2 Å². The highest BCUT2D eigenvalue weighted by molar-refractivity contribution is 8.02. The molecule has 5 nitrogen and oxygen atoms in total. The van der Waals surface area contributed by atoms with Crippen LogP contribution in [0.3, 0.4) is 0 Å². The van der Waals surface area contributed by atoms with Gasteiger partial charge >= 0.3 is 0 Å². The molecule has 1 aromatic carbocycles. The maximum atomic E-state index is 12.4. The third-order valence-electron chi connectivity index (χ3n) is 4.76. The maximum Gasteiger partial charge on any atom is 0.233 e. The van der Waals surface area contributed by atoms with Crippen LogP contribution in [0.25, 0.3) is 0 Å². The summed E-state index contributed by atoms with van der Waals surface area (Å²) in [5.74, 6) is 0.0979. The summed E-state index contributed by atoms with van der Waals surface area (Å²) in [4.78, 5) is 12.4. The predicted molar refractivity (Wildman–Crippen MR) is 109 cm³/mol. The normalized spacial score (nSPS) is 16.3. The number of amides is 1. The van der Waals surface area contributed by atoms with Crippen molar-refractivity contribution in [1.82, 2.24) is 15.5 Å². The number of nitrogens with one attached hydrogen (secondary N) is 2. The molecule has 0 spiro atoms. The van der Waals surface area contributed by atoms with Crippen molar-refractivity contribution in [2.75, 3.05) is 5.32 Å². The molecule has 1 atom stereocenters. The monoisotopic (exact) mass is 390 g/mol. The van der Waals surface area contributed by atoms with Crippen molar-refractivity contribution < 1.29 is 4.79 Å². The predicted octanol–water partition coefficient (Wildman–Crippen LogP) is 4.83. The molecule has 2 aromatic rings. The van der Waals surface area contributed by atoms with E-state index in [1.54, 1.807) is 0 Å². The third kappa shape index (κ3) is 5.20. The summed E-state index contributed by atoms with van der Waals surface area (Å²) in [7, 11) is 0. The number of aryl methyl sites for hydroxylation is 2. The number of carbonyl (C=O) groups is 1. The Balaban J connectivity index is 1.53. The highest BCUT2D eigenvalue weighted by atomic mass is 32.2. The highest BCUT2D eigenvalue weighted by Gasteiger charge is 2.21. The van der Waals surface area contributed by atoms with Gasteiger partial charge < -0.3 is 10.6 Å². The molecule has 140 valence electrons. The zero-order valence-electron chi connectivity index (χ0n) is 15.5. The van der Waals surface area contributed by atoms with E-state index in [0.717, 1.165) is 28.0 Å². The van der Waals surface area contributed by atoms with Crippen molar-refractivity contribution in [3.05, 3.63) is 29.3 Å². The molecule has 1 amide bonds. The Morgan fingerprint density at radius 3 is 2.69 bits per heavy atom. The van der Waals surface area contributed by atoms with Gasteiger partial charge in [0.15, 0.2) is 4.34 Å². The van der Waals surface area contributed by atoms with E-state index in [2.05, 4.69) is 46.8 Å². The third-order valence-corrected chi connectivity index (χ3v) is 6.79. The SMILES string of the molecule is Cc1ccc(Nc2nnc(S[C@@H](C)C(=O)NC3CCCCC3)s2)cc1C. The largest absolute Gasteiger partial charge is 0.352 e. The van der Waals surface area contributed by atoms with E-state index < -0.39 is 0 Å². The number of carbonyl (C=O) groups excluding carboxylic acids is 1. The van der Waals surface area contributed by atoms with Crippen molar-refractivity contribution in [2.24, 2.45) is 0 Å². The molecular weight excluding hydrogens is 364 g/mol. The number of hydrogen-bond acceptors (Lipinski definition) is 6. The zero-order valence-corrected chi connectivity index (χ0v) is 17.2. The number of rotatable bonds is 6. The molecule has 7 heteroatoms. The maximum absolute atomic E-state index is 12.4. The molecule has 1 aliphatic rings. The van der Waals surface area contributed by atoms with Crippen LogP contribution in [0, 0.1) is 13.8 Å². The van der Waals surface area contributed by atoms with Crippen LogP contribution < -0.4 is 10.6 Å². The second-order valence-electron chi connectivity index (χ2n) is 6.90. The van der Waals surface area contributed by atoms with Crippen LogP contribution in [0.1, 0.15) is 50.2 Å². The van der Waals surface area contributed by atoms with Crippen LogP contribution in [-0.4, -0.2) is 27.4 Å². The van der Waals surface area contributed by atoms with Crippen molar-refractivity contribution in [3.8, 4) is 0 Å². The molecule has 0 saturated heterocycles. The zero-order chi connectivity index (χ0) is 18.5. The van der Waals surface area contributed by atoms with E-state index >= 15 is 0 Å².